The zero-order valence-corrected chi connectivity index (χ0v) is 11.0. The summed E-state index contributed by atoms with van der Waals surface area (Å²) in [5.74, 6) is 1.12. The molecule has 0 spiro atoms. The standard InChI is InChI=1S/C14H21NO2/c1-5-15-14(16)11(4)17-13-8-6-7-12(9-13)10(2)3/h6-11H,5H2,1-4H3,(H,15,16)/t11-/m0/s1. The highest BCUT2D eigenvalue weighted by Gasteiger charge is 2.13. The lowest BCUT2D eigenvalue weighted by molar-refractivity contribution is -0.127. The molecule has 0 heterocycles. The van der Waals surface area contributed by atoms with Crippen LogP contribution >= 0.6 is 0 Å². The lowest BCUT2D eigenvalue weighted by atomic mass is 10.0. The third-order valence-electron chi connectivity index (χ3n) is 2.56. The summed E-state index contributed by atoms with van der Waals surface area (Å²) in [5.41, 5.74) is 1.21. The second kappa shape index (κ2) is 6.28. The lowest BCUT2D eigenvalue weighted by Crippen LogP contribution is -2.36. The maximum absolute atomic E-state index is 11.5. The van der Waals surface area contributed by atoms with E-state index in [9.17, 15) is 4.79 Å². The second-order valence-corrected chi connectivity index (χ2v) is 4.38. The number of nitrogens with one attached hydrogen (secondary N) is 1. The maximum atomic E-state index is 11.5. The number of ether oxygens (including phenoxy) is 1. The third kappa shape index (κ3) is 4.10. The van der Waals surface area contributed by atoms with Crippen LogP contribution in [0.25, 0.3) is 0 Å². The molecule has 1 rings (SSSR count). The number of hydrogen-bond acceptors (Lipinski definition) is 2. The first kappa shape index (κ1) is 13.6. The number of hydrogen-bond donors (Lipinski definition) is 1. The molecule has 0 radical (unpaired) electrons. The van der Waals surface area contributed by atoms with Crippen molar-refractivity contribution in [2.24, 2.45) is 0 Å². The first-order chi connectivity index (χ1) is 8.04. The summed E-state index contributed by atoms with van der Waals surface area (Å²) in [6.07, 6.45) is -0.461. The topological polar surface area (TPSA) is 38.3 Å². The molecular formula is C14H21NO2. The van der Waals surface area contributed by atoms with Gasteiger partial charge in [-0.2, -0.15) is 0 Å². The molecule has 17 heavy (non-hydrogen) atoms. The normalized spacial score (nSPS) is 12.3. The molecule has 0 aromatic heterocycles. The molecule has 3 heteroatoms. The molecule has 0 unspecified atom stereocenters. The fourth-order valence-corrected chi connectivity index (χ4v) is 1.52. The number of likely N-dealkylation sites (N-methyl/N-ethyl adjacent to an activating group) is 1. The Hall–Kier alpha value is -1.51. The average Bonchev–Trinajstić information content (AvgIpc) is 2.29. The Morgan fingerprint density at radius 2 is 2.06 bits per heavy atom. The van der Waals surface area contributed by atoms with Gasteiger partial charge in [-0.1, -0.05) is 26.0 Å². The highest BCUT2D eigenvalue weighted by atomic mass is 16.5. The molecule has 94 valence electrons. The number of rotatable bonds is 5. The number of benzene rings is 1. The third-order valence-corrected chi connectivity index (χ3v) is 2.56. The molecule has 0 aliphatic heterocycles. The van der Waals surface area contributed by atoms with Crippen LogP contribution in [0, 0.1) is 0 Å². The Labute approximate surface area is 103 Å². The van der Waals surface area contributed by atoms with Gasteiger partial charge in [0.25, 0.3) is 5.91 Å². The van der Waals surface area contributed by atoms with Gasteiger partial charge in [0.1, 0.15) is 5.75 Å². The highest BCUT2D eigenvalue weighted by molar-refractivity contribution is 5.80. The van der Waals surface area contributed by atoms with Crippen LogP contribution in [0.15, 0.2) is 24.3 Å². The SMILES string of the molecule is CCNC(=O)[C@H](C)Oc1cccc(C(C)C)c1. The van der Waals surface area contributed by atoms with E-state index in [2.05, 4.69) is 25.2 Å². The van der Waals surface area contributed by atoms with Crippen molar-refractivity contribution >= 4 is 5.91 Å². The molecule has 0 saturated heterocycles. The largest absolute Gasteiger partial charge is 0.481 e. The molecule has 1 atom stereocenters. The van der Waals surface area contributed by atoms with Gasteiger partial charge in [0.05, 0.1) is 0 Å². The van der Waals surface area contributed by atoms with Crippen LogP contribution in [-0.4, -0.2) is 18.6 Å². The van der Waals surface area contributed by atoms with E-state index in [0.717, 1.165) is 5.75 Å². The first-order valence-corrected chi connectivity index (χ1v) is 6.09. The first-order valence-electron chi connectivity index (χ1n) is 6.09. The molecule has 1 amide bonds. The van der Waals surface area contributed by atoms with Crippen molar-refractivity contribution in [3.05, 3.63) is 29.8 Å². The van der Waals surface area contributed by atoms with E-state index in [4.69, 9.17) is 4.74 Å². The van der Waals surface area contributed by atoms with Gasteiger partial charge in [-0.15, -0.1) is 0 Å². The molecule has 3 nitrogen and oxygen atoms in total. The fraction of sp³-hybridized carbons (Fsp3) is 0.500. The number of amides is 1. The minimum atomic E-state index is -0.461. The predicted octanol–water partition coefficient (Wildman–Crippen LogP) is 2.71. The van der Waals surface area contributed by atoms with Crippen LogP contribution in [0.1, 0.15) is 39.2 Å². The van der Waals surface area contributed by atoms with Gasteiger partial charge in [-0.25, -0.2) is 0 Å². The zero-order chi connectivity index (χ0) is 12.8. The Balaban J connectivity index is 2.68. The molecule has 1 aromatic rings. The summed E-state index contributed by atoms with van der Waals surface area (Å²) in [7, 11) is 0. The smallest absolute Gasteiger partial charge is 0.260 e. The van der Waals surface area contributed by atoms with E-state index in [1.807, 2.05) is 25.1 Å². The summed E-state index contributed by atoms with van der Waals surface area (Å²) >= 11 is 0. The molecule has 1 N–H and O–H groups in total. The molecule has 0 bridgehead atoms. The van der Waals surface area contributed by atoms with Gasteiger partial charge in [0, 0.05) is 6.54 Å². The van der Waals surface area contributed by atoms with Crippen LogP contribution in [0.4, 0.5) is 0 Å². The van der Waals surface area contributed by atoms with E-state index in [1.165, 1.54) is 5.56 Å². The van der Waals surface area contributed by atoms with Crippen molar-refractivity contribution in [1.82, 2.24) is 5.32 Å². The van der Waals surface area contributed by atoms with E-state index in [0.29, 0.717) is 12.5 Å². The van der Waals surface area contributed by atoms with Crippen LogP contribution < -0.4 is 10.1 Å². The Kier molecular flexibility index (Phi) is 5.01. The average molecular weight is 235 g/mol. The van der Waals surface area contributed by atoms with Crippen molar-refractivity contribution in [3.63, 3.8) is 0 Å². The summed E-state index contributed by atoms with van der Waals surface area (Å²) in [4.78, 5) is 11.5. The van der Waals surface area contributed by atoms with E-state index in [-0.39, 0.29) is 5.91 Å². The summed E-state index contributed by atoms with van der Waals surface area (Å²) < 4.78 is 5.61. The van der Waals surface area contributed by atoms with Gasteiger partial charge in [0.15, 0.2) is 6.10 Å². The van der Waals surface area contributed by atoms with Crippen LogP contribution in [0.3, 0.4) is 0 Å². The molecule has 0 aliphatic rings. The monoisotopic (exact) mass is 235 g/mol. The van der Waals surface area contributed by atoms with Gasteiger partial charge in [0.2, 0.25) is 0 Å². The Morgan fingerprint density at radius 3 is 2.65 bits per heavy atom. The fourth-order valence-electron chi connectivity index (χ4n) is 1.52. The second-order valence-electron chi connectivity index (χ2n) is 4.38. The lowest BCUT2D eigenvalue weighted by Gasteiger charge is -2.15. The van der Waals surface area contributed by atoms with Gasteiger partial charge >= 0.3 is 0 Å². The van der Waals surface area contributed by atoms with Crippen molar-refractivity contribution in [2.75, 3.05) is 6.54 Å². The van der Waals surface area contributed by atoms with E-state index >= 15 is 0 Å². The zero-order valence-electron chi connectivity index (χ0n) is 11.0. The van der Waals surface area contributed by atoms with Gasteiger partial charge in [-0.05, 0) is 37.5 Å². The summed E-state index contributed by atoms with van der Waals surface area (Å²) in [6.45, 7) is 8.54. The molecule has 0 saturated carbocycles. The molecular weight excluding hydrogens is 214 g/mol. The minimum Gasteiger partial charge on any atom is -0.481 e. The van der Waals surface area contributed by atoms with E-state index < -0.39 is 6.10 Å². The number of carbonyl (C=O) groups excluding carboxylic acids is 1. The number of carbonyl (C=O) groups is 1. The molecule has 0 aliphatic carbocycles. The quantitative estimate of drug-likeness (QED) is 0.852. The van der Waals surface area contributed by atoms with E-state index in [1.54, 1.807) is 6.92 Å². The van der Waals surface area contributed by atoms with Crippen LogP contribution in [0.2, 0.25) is 0 Å². The molecule has 1 aromatic carbocycles. The highest BCUT2D eigenvalue weighted by Crippen LogP contribution is 2.20. The summed E-state index contributed by atoms with van der Waals surface area (Å²) in [6, 6.07) is 7.88. The van der Waals surface area contributed by atoms with Gasteiger partial charge in [-0.3, -0.25) is 4.79 Å². The van der Waals surface area contributed by atoms with Crippen molar-refractivity contribution in [3.8, 4) is 5.75 Å². The predicted molar refractivity (Wildman–Crippen MR) is 69.3 cm³/mol. The summed E-state index contributed by atoms with van der Waals surface area (Å²) in [5, 5.41) is 2.74. The Morgan fingerprint density at radius 1 is 1.35 bits per heavy atom. The Bertz CT molecular complexity index is 374. The van der Waals surface area contributed by atoms with Crippen molar-refractivity contribution < 1.29 is 9.53 Å². The maximum Gasteiger partial charge on any atom is 0.260 e. The van der Waals surface area contributed by atoms with Crippen LogP contribution in [0.5, 0.6) is 5.75 Å². The minimum absolute atomic E-state index is 0.0811. The van der Waals surface area contributed by atoms with Crippen molar-refractivity contribution in [1.29, 1.82) is 0 Å². The van der Waals surface area contributed by atoms with Crippen molar-refractivity contribution in [2.45, 2.75) is 39.7 Å². The van der Waals surface area contributed by atoms with Gasteiger partial charge < -0.3 is 10.1 Å². The molecule has 0 fully saturated rings. The van der Waals surface area contributed by atoms with Crippen LogP contribution in [-0.2, 0) is 4.79 Å².